The Bertz CT molecular complexity index is 339. The van der Waals surface area contributed by atoms with E-state index in [1.54, 1.807) is 0 Å². The van der Waals surface area contributed by atoms with E-state index in [9.17, 15) is 4.79 Å². The summed E-state index contributed by atoms with van der Waals surface area (Å²) < 4.78 is 4.21. The van der Waals surface area contributed by atoms with Crippen molar-refractivity contribution in [3.05, 3.63) is 5.82 Å². The smallest absolute Gasteiger partial charge is 0.239 e. The highest BCUT2D eigenvalue weighted by molar-refractivity contribution is 7.09. The molecule has 1 amide bonds. The molecule has 0 atom stereocenters. The van der Waals surface area contributed by atoms with Crippen LogP contribution in [-0.2, 0) is 11.2 Å². The second-order valence-corrected chi connectivity index (χ2v) is 4.04. The van der Waals surface area contributed by atoms with E-state index in [2.05, 4.69) is 14.7 Å². The first kappa shape index (κ1) is 12.9. The van der Waals surface area contributed by atoms with Gasteiger partial charge in [-0.05, 0) is 13.8 Å². The summed E-state index contributed by atoms with van der Waals surface area (Å²) in [5, 5.41) is 3.60. The minimum atomic E-state index is 0.0256. The first-order chi connectivity index (χ1) is 7.71. The molecular formula is C10H18N4OS. The average Bonchev–Trinajstić information content (AvgIpc) is 2.74. The predicted octanol–water partition coefficient (Wildman–Crippen LogP) is 1.06. The molecular weight excluding hydrogens is 224 g/mol. The second kappa shape index (κ2) is 6.42. The van der Waals surface area contributed by atoms with Crippen LogP contribution in [0.5, 0.6) is 0 Å². The summed E-state index contributed by atoms with van der Waals surface area (Å²) in [6, 6.07) is 0. The van der Waals surface area contributed by atoms with Crippen LogP contribution in [-0.4, -0.2) is 34.9 Å². The molecule has 1 aromatic rings. The summed E-state index contributed by atoms with van der Waals surface area (Å²) in [6.07, 6.45) is 0.829. The van der Waals surface area contributed by atoms with Gasteiger partial charge >= 0.3 is 0 Å². The monoisotopic (exact) mass is 242 g/mol. The molecule has 0 radical (unpaired) electrons. The zero-order valence-electron chi connectivity index (χ0n) is 9.99. The van der Waals surface area contributed by atoms with Crippen molar-refractivity contribution in [3.8, 4) is 0 Å². The van der Waals surface area contributed by atoms with E-state index in [-0.39, 0.29) is 5.91 Å². The minimum absolute atomic E-state index is 0.0256. The van der Waals surface area contributed by atoms with Crippen LogP contribution in [0.2, 0.25) is 0 Å². The molecule has 0 fully saturated rings. The molecule has 0 aliphatic carbocycles. The van der Waals surface area contributed by atoms with Gasteiger partial charge in [0, 0.05) is 31.0 Å². The van der Waals surface area contributed by atoms with Crippen molar-refractivity contribution in [1.29, 1.82) is 0 Å². The number of aromatic nitrogens is 2. The molecule has 0 saturated carbocycles. The fourth-order valence-corrected chi connectivity index (χ4v) is 2.07. The van der Waals surface area contributed by atoms with E-state index in [0.29, 0.717) is 13.1 Å². The zero-order valence-corrected chi connectivity index (χ0v) is 10.8. The minimum Gasteiger partial charge on any atom is -0.355 e. The fourth-order valence-electron chi connectivity index (χ4n) is 1.26. The molecule has 1 heterocycles. The number of carbonyl (C=O) groups is 1. The van der Waals surface area contributed by atoms with E-state index in [1.165, 1.54) is 11.5 Å². The van der Waals surface area contributed by atoms with Crippen molar-refractivity contribution in [1.82, 2.24) is 14.7 Å². The molecule has 6 heteroatoms. The standard InChI is InChI=1S/C10H18N4OS/c1-4-8-12-10(16-13-8)14(6-3)7-9(15)11-5-2/h4-7H2,1-3H3,(H,11,15). The molecule has 0 unspecified atom stereocenters. The molecule has 16 heavy (non-hydrogen) atoms. The molecule has 0 aliphatic rings. The Labute approximate surface area is 100 Å². The molecule has 0 spiro atoms. The van der Waals surface area contributed by atoms with Gasteiger partial charge in [-0.15, -0.1) is 0 Å². The van der Waals surface area contributed by atoms with Crippen molar-refractivity contribution in [3.63, 3.8) is 0 Å². The highest BCUT2D eigenvalue weighted by Gasteiger charge is 2.13. The lowest BCUT2D eigenvalue weighted by Crippen LogP contribution is -2.37. The third kappa shape index (κ3) is 3.44. The summed E-state index contributed by atoms with van der Waals surface area (Å²) in [6.45, 7) is 7.71. The Balaban J connectivity index is 2.63. The third-order valence-corrected chi connectivity index (χ3v) is 2.95. The average molecular weight is 242 g/mol. The van der Waals surface area contributed by atoms with Crippen LogP contribution in [0.4, 0.5) is 5.13 Å². The Hall–Kier alpha value is -1.17. The zero-order chi connectivity index (χ0) is 12.0. The van der Waals surface area contributed by atoms with Gasteiger partial charge in [-0.3, -0.25) is 4.79 Å². The van der Waals surface area contributed by atoms with Crippen LogP contribution in [0.3, 0.4) is 0 Å². The number of amides is 1. The molecule has 5 nitrogen and oxygen atoms in total. The molecule has 0 aromatic carbocycles. The summed E-state index contributed by atoms with van der Waals surface area (Å²) in [7, 11) is 0. The first-order valence-electron chi connectivity index (χ1n) is 5.55. The van der Waals surface area contributed by atoms with E-state index < -0.39 is 0 Å². The highest BCUT2D eigenvalue weighted by Crippen LogP contribution is 2.16. The summed E-state index contributed by atoms with van der Waals surface area (Å²) in [4.78, 5) is 17.8. The second-order valence-electron chi connectivity index (χ2n) is 3.31. The number of hydrogen-bond donors (Lipinski definition) is 1. The lowest BCUT2D eigenvalue weighted by Gasteiger charge is -2.18. The Kier molecular flexibility index (Phi) is 5.18. The van der Waals surface area contributed by atoms with Gasteiger partial charge in [0.15, 0.2) is 0 Å². The van der Waals surface area contributed by atoms with Crippen LogP contribution in [0.1, 0.15) is 26.6 Å². The predicted molar refractivity (Wildman–Crippen MR) is 65.9 cm³/mol. The Morgan fingerprint density at radius 2 is 2.19 bits per heavy atom. The number of nitrogens with one attached hydrogen (secondary N) is 1. The molecule has 1 rings (SSSR count). The van der Waals surface area contributed by atoms with Gasteiger partial charge in [-0.1, -0.05) is 6.92 Å². The molecule has 0 aliphatic heterocycles. The summed E-state index contributed by atoms with van der Waals surface area (Å²) in [5.41, 5.74) is 0. The van der Waals surface area contributed by atoms with Crippen LogP contribution in [0, 0.1) is 0 Å². The first-order valence-corrected chi connectivity index (χ1v) is 6.32. The molecule has 0 bridgehead atoms. The van der Waals surface area contributed by atoms with Gasteiger partial charge in [-0.2, -0.15) is 4.37 Å². The van der Waals surface area contributed by atoms with Crippen molar-refractivity contribution in [2.45, 2.75) is 27.2 Å². The fraction of sp³-hybridized carbons (Fsp3) is 0.700. The van der Waals surface area contributed by atoms with E-state index >= 15 is 0 Å². The number of anilines is 1. The normalized spacial score (nSPS) is 10.2. The van der Waals surface area contributed by atoms with E-state index in [0.717, 1.165) is 23.9 Å². The summed E-state index contributed by atoms with van der Waals surface area (Å²) >= 11 is 1.35. The van der Waals surface area contributed by atoms with Crippen LogP contribution in [0.25, 0.3) is 0 Å². The van der Waals surface area contributed by atoms with Crippen LogP contribution < -0.4 is 10.2 Å². The van der Waals surface area contributed by atoms with Gasteiger partial charge in [-0.25, -0.2) is 4.98 Å². The topological polar surface area (TPSA) is 58.1 Å². The number of nitrogens with zero attached hydrogens (tertiary/aromatic N) is 3. The van der Waals surface area contributed by atoms with Gasteiger partial charge < -0.3 is 10.2 Å². The maximum atomic E-state index is 11.5. The molecule has 90 valence electrons. The summed E-state index contributed by atoms with van der Waals surface area (Å²) in [5.74, 6) is 0.868. The van der Waals surface area contributed by atoms with E-state index in [1.807, 2.05) is 25.7 Å². The highest BCUT2D eigenvalue weighted by atomic mass is 32.1. The van der Waals surface area contributed by atoms with Crippen molar-refractivity contribution in [2.75, 3.05) is 24.5 Å². The number of hydrogen-bond acceptors (Lipinski definition) is 5. The maximum Gasteiger partial charge on any atom is 0.239 e. The third-order valence-electron chi connectivity index (χ3n) is 2.13. The maximum absolute atomic E-state index is 11.5. The molecule has 1 N–H and O–H groups in total. The van der Waals surface area contributed by atoms with Gasteiger partial charge in [0.1, 0.15) is 5.82 Å². The number of likely N-dealkylation sites (N-methyl/N-ethyl adjacent to an activating group) is 2. The van der Waals surface area contributed by atoms with Crippen molar-refractivity contribution < 1.29 is 4.79 Å². The lowest BCUT2D eigenvalue weighted by atomic mass is 10.4. The van der Waals surface area contributed by atoms with Gasteiger partial charge in [0.2, 0.25) is 11.0 Å². The van der Waals surface area contributed by atoms with Crippen molar-refractivity contribution >= 4 is 22.6 Å². The van der Waals surface area contributed by atoms with Crippen molar-refractivity contribution in [2.24, 2.45) is 0 Å². The quantitative estimate of drug-likeness (QED) is 0.810. The van der Waals surface area contributed by atoms with Gasteiger partial charge in [0.25, 0.3) is 0 Å². The lowest BCUT2D eigenvalue weighted by molar-refractivity contribution is -0.119. The number of rotatable bonds is 6. The SMILES string of the molecule is CCNC(=O)CN(CC)c1nc(CC)ns1. The Morgan fingerprint density at radius 3 is 2.69 bits per heavy atom. The molecule has 0 saturated heterocycles. The van der Waals surface area contributed by atoms with Gasteiger partial charge in [0.05, 0.1) is 6.54 Å². The molecule has 1 aromatic heterocycles. The largest absolute Gasteiger partial charge is 0.355 e. The van der Waals surface area contributed by atoms with Crippen LogP contribution >= 0.6 is 11.5 Å². The van der Waals surface area contributed by atoms with Crippen LogP contribution in [0.15, 0.2) is 0 Å². The Morgan fingerprint density at radius 1 is 1.44 bits per heavy atom. The van der Waals surface area contributed by atoms with E-state index in [4.69, 9.17) is 0 Å². The number of aryl methyl sites for hydroxylation is 1. The number of carbonyl (C=O) groups excluding carboxylic acids is 1.